The minimum Gasteiger partial charge on any atom is -0.356 e. The molecule has 5 atom stereocenters. The summed E-state index contributed by atoms with van der Waals surface area (Å²) in [6.07, 6.45) is 0.815. The predicted molar refractivity (Wildman–Crippen MR) is 117 cm³/mol. The fourth-order valence-electron chi connectivity index (χ4n) is 5.79. The molecule has 2 aliphatic heterocycles. The first-order valence-corrected chi connectivity index (χ1v) is 11.4. The van der Waals surface area contributed by atoms with E-state index in [1.165, 1.54) is 11.0 Å². The van der Waals surface area contributed by atoms with Crippen molar-refractivity contribution >= 4 is 28.6 Å². The molecule has 2 aromatic rings. The lowest BCUT2D eigenvalue weighted by molar-refractivity contribution is -0.127. The number of hydrogen-bond acceptors (Lipinski definition) is 4. The van der Waals surface area contributed by atoms with E-state index in [1.807, 2.05) is 13.8 Å². The Balaban J connectivity index is 1.38. The Hall–Kier alpha value is -3.48. The van der Waals surface area contributed by atoms with Crippen LogP contribution in [0, 0.1) is 46.1 Å². The highest BCUT2D eigenvalue weighted by Crippen LogP contribution is 2.65. The molecule has 178 valence electrons. The number of piperidine rings is 1. The summed E-state index contributed by atoms with van der Waals surface area (Å²) < 4.78 is 27.7. The van der Waals surface area contributed by atoms with Gasteiger partial charge in [-0.15, -0.1) is 0 Å². The van der Waals surface area contributed by atoms with Crippen molar-refractivity contribution in [1.82, 2.24) is 20.5 Å². The van der Waals surface area contributed by atoms with Gasteiger partial charge >= 0.3 is 0 Å². The first-order chi connectivity index (χ1) is 16.1. The molecule has 5 rings (SSSR count). The zero-order valence-electron chi connectivity index (χ0n) is 18.8. The van der Waals surface area contributed by atoms with Crippen LogP contribution in [0.1, 0.15) is 37.2 Å². The lowest BCUT2D eigenvalue weighted by atomic mass is 9.97. The third kappa shape index (κ3) is 3.50. The SMILES string of the molecule is CC1(C)C2[C@@H](C(=O)N[C@H](C#N)C[C@@H]3CCNC3=O)N(C(=O)c3cc4cc(F)cc(F)c4[nH]3)C[C@@H]21. The number of carbonyl (C=O) groups is 3. The van der Waals surface area contributed by atoms with Gasteiger partial charge in [-0.05, 0) is 42.2 Å². The zero-order chi connectivity index (χ0) is 24.4. The molecule has 2 saturated heterocycles. The molecule has 0 radical (unpaired) electrons. The van der Waals surface area contributed by atoms with E-state index < -0.39 is 35.5 Å². The number of nitrogens with one attached hydrogen (secondary N) is 3. The maximum Gasteiger partial charge on any atom is 0.271 e. The Bertz CT molecular complexity index is 1250. The Morgan fingerprint density at radius 3 is 2.76 bits per heavy atom. The van der Waals surface area contributed by atoms with Crippen molar-refractivity contribution in [3.8, 4) is 6.07 Å². The van der Waals surface area contributed by atoms with Gasteiger partial charge < -0.3 is 20.5 Å². The number of carbonyl (C=O) groups excluding carboxylic acids is 3. The van der Waals surface area contributed by atoms with Crippen LogP contribution in [0.25, 0.3) is 10.9 Å². The molecule has 0 bridgehead atoms. The summed E-state index contributed by atoms with van der Waals surface area (Å²) in [4.78, 5) is 42.8. The largest absolute Gasteiger partial charge is 0.356 e. The van der Waals surface area contributed by atoms with Crippen LogP contribution >= 0.6 is 0 Å². The minimum absolute atomic E-state index is 0.0230. The number of halogens is 2. The van der Waals surface area contributed by atoms with Crippen LogP contribution in [-0.2, 0) is 9.59 Å². The third-order valence-corrected chi connectivity index (χ3v) is 7.77. The van der Waals surface area contributed by atoms with Gasteiger partial charge in [0.25, 0.3) is 5.91 Å². The van der Waals surface area contributed by atoms with Crippen LogP contribution in [0.5, 0.6) is 0 Å². The van der Waals surface area contributed by atoms with Gasteiger partial charge in [0.15, 0.2) is 0 Å². The predicted octanol–water partition coefficient (Wildman–Crippen LogP) is 2.08. The number of nitrogens with zero attached hydrogens (tertiary/aromatic N) is 2. The molecular weight excluding hydrogens is 444 g/mol. The zero-order valence-corrected chi connectivity index (χ0v) is 18.8. The van der Waals surface area contributed by atoms with E-state index in [-0.39, 0.29) is 52.1 Å². The molecule has 3 fully saturated rings. The molecule has 10 heteroatoms. The maximum absolute atomic E-state index is 14.1. The maximum atomic E-state index is 14.1. The van der Waals surface area contributed by atoms with Gasteiger partial charge in [-0.3, -0.25) is 14.4 Å². The number of hydrogen-bond donors (Lipinski definition) is 3. The first kappa shape index (κ1) is 22.3. The Labute approximate surface area is 194 Å². The van der Waals surface area contributed by atoms with Crippen LogP contribution in [0.15, 0.2) is 18.2 Å². The van der Waals surface area contributed by atoms with Crippen molar-refractivity contribution in [2.75, 3.05) is 13.1 Å². The highest BCUT2D eigenvalue weighted by atomic mass is 19.1. The van der Waals surface area contributed by atoms with Crippen LogP contribution < -0.4 is 10.6 Å². The molecule has 8 nitrogen and oxygen atoms in total. The van der Waals surface area contributed by atoms with Gasteiger partial charge in [-0.25, -0.2) is 8.78 Å². The second kappa shape index (κ2) is 7.79. The molecule has 1 aromatic heterocycles. The molecule has 3 aliphatic rings. The molecular formula is C24H25F2N5O3. The Morgan fingerprint density at radius 1 is 1.32 bits per heavy atom. The fraction of sp³-hybridized carbons (Fsp3) is 0.500. The van der Waals surface area contributed by atoms with E-state index >= 15 is 0 Å². The van der Waals surface area contributed by atoms with Crippen molar-refractivity contribution < 1.29 is 23.2 Å². The molecule has 1 aromatic carbocycles. The quantitative estimate of drug-likeness (QED) is 0.621. The second-order valence-corrected chi connectivity index (χ2v) is 10.1. The number of amides is 3. The average molecular weight is 469 g/mol. The molecule has 0 spiro atoms. The van der Waals surface area contributed by atoms with Crippen LogP contribution in [0.3, 0.4) is 0 Å². The van der Waals surface area contributed by atoms with Crippen molar-refractivity contribution in [1.29, 1.82) is 5.26 Å². The number of likely N-dealkylation sites (tertiary alicyclic amines) is 1. The monoisotopic (exact) mass is 469 g/mol. The summed E-state index contributed by atoms with van der Waals surface area (Å²) >= 11 is 0. The summed E-state index contributed by atoms with van der Waals surface area (Å²) in [5.74, 6) is -2.90. The van der Waals surface area contributed by atoms with Gasteiger partial charge in [0.2, 0.25) is 11.8 Å². The molecule has 1 saturated carbocycles. The molecule has 34 heavy (non-hydrogen) atoms. The standard InChI is InChI=1S/C24H25F2N5O3/c1-24(2)15-10-31(23(34)17-7-12-5-13(25)8-16(26)19(12)30-17)20(18(15)24)22(33)29-14(9-27)6-11-3-4-28-21(11)32/h5,7-8,11,14-15,18,20,30H,3-4,6,10H2,1-2H3,(H,28,32)(H,29,33)/t11-,14-,15-,18?,20-/m0/s1. The van der Waals surface area contributed by atoms with Crippen LogP contribution in [0.2, 0.25) is 0 Å². The summed E-state index contributed by atoms with van der Waals surface area (Å²) in [5.41, 5.74) is -0.0484. The van der Waals surface area contributed by atoms with E-state index in [9.17, 15) is 28.4 Å². The first-order valence-electron chi connectivity index (χ1n) is 11.4. The number of nitriles is 1. The summed E-state index contributed by atoms with van der Waals surface area (Å²) in [5, 5.41) is 15.3. The van der Waals surface area contributed by atoms with Crippen molar-refractivity contribution in [3.05, 3.63) is 35.5 Å². The van der Waals surface area contributed by atoms with Crippen LogP contribution in [0.4, 0.5) is 8.78 Å². The minimum atomic E-state index is -0.857. The molecule has 3 N–H and O–H groups in total. The van der Waals surface area contributed by atoms with E-state index in [1.54, 1.807) is 0 Å². The number of rotatable bonds is 5. The van der Waals surface area contributed by atoms with E-state index in [2.05, 4.69) is 21.7 Å². The Morgan fingerprint density at radius 2 is 2.09 bits per heavy atom. The number of H-pyrrole nitrogens is 1. The van der Waals surface area contributed by atoms with Crippen molar-refractivity contribution in [3.63, 3.8) is 0 Å². The van der Waals surface area contributed by atoms with Gasteiger partial charge in [0.05, 0.1) is 11.6 Å². The van der Waals surface area contributed by atoms with E-state index in [0.29, 0.717) is 19.5 Å². The molecule has 1 aliphatic carbocycles. The number of benzene rings is 1. The lowest BCUT2D eigenvalue weighted by Crippen LogP contribution is -2.52. The fourth-order valence-corrected chi connectivity index (χ4v) is 5.79. The van der Waals surface area contributed by atoms with Gasteiger partial charge in [0, 0.05) is 30.5 Å². The third-order valence-electron chi connectivity index (χ3n) is 7.77. The number of aromatic amines is 1. The molecule has 1 unspecified atom stereocenters. The normalized spacial score (nSPS) is 27.7. The van der Waals surface area contributed by atoms with Crippen LogP contribution in [-0.4, -0.2) is 52.8 Å². The van der Waals surface area contributed by atoms with Gasteiger partial charge in [-0.1, -0.05) is 13.8 Å². The summed E-state index contributed by atoms with van der Waals surface area (Å²) in [7, 11) is 0. The Kier molecular flexibility index (Phi) is 5.11. The van der Waals surface area contributed by atoms with Gasteiger partial charge in [-0.2, -0.15) is 5.26 Å². The van der Waals surface area contributed by atoms with Crippen molar-refractivity contribution in [2.45, 2.75) is 38.8 Å². The lowest BCUT2D eigenvalue weighted by Gasteiger charge is -2.30. The number of fused-ring (bicyclic) bond motifs is 2. The highest BCUT2D eigenvalue weighted by molar-refractivity contribution is 6.01. The number of aromatic nitrogens is 1. The second-order valence-electron chi connectivity index (χ2n) is 10.1. The van der Waals surface area contributed by atoms with Gasteiger partial charge in [0.1, 0.15) is 29.4 Å². The topological polar surface area (TPSA) is 118 Å². The molecule has 3 heterocycles. The summed E-state index contributed by atoms with van der Waals surface area (Å²) in [6.45, 7) is 4.98. The van der Waals surface area contributed by atoms with E-state index in [0.717, 1.165) is 12.1 Å². The summed E-state index contributed by atoms with van der Waals surface area (Å²) in [6, 6.07) is 3.66. The average Bonchev–Trinajstić information content (AvgIpc) is 3.28. The highest BCUT2D eigenvalue weighted by Gasteiger charge is 2.69. The van der Waals surface area contributed by atoms with Crippen molar-refractivity contribution in [2.24, 2.45) is 23.2 Å². The van der Waals surface area contributed by atoms with E-state index in [4.69, 9.17) is 0 Å². The molecule has 3 amide bonds. The smallest absolute Gasteiger partial charge is 0.271 e.